The Morgan fingerprint density at radius 2 is 2.03 bits per heavy atom. The molecule has 1 saturated heterocycles. The summed E-state index contributed by atoms with van der Waals surface area (Å²) < 4.78 is 13.1. The molecule has 4 heterocycles. The minimum absolute atomic E-state index is 0.0193. The van der Waals surface area contributed by atoms with Gasteiger partial charge in [0.25, 0.3) is 0 Å². The van der Waals surface area contributed by atoms with Gasteiger partial charge in [-0.2, -0.15) is 0 Å². The molecular weight excluding hydrogens is 368 g/mol. The molecule has 3 aromatic heterocycles. The van der Waals surface area contributed by atoms with E-state index in [-0.39, 0.29) is 11.8 Å². The molecule has 1 aromatic carbocycles. The van der Waals surface area contributed by atoms with Crippen molar-refractivity contribution in [3.63, 3.8) is 0 Å². The summed E-state index contributed by atoms with van der Waals surface area (Å²) in [5, 5.41) is 8.56. The topological polar surface area (TPSA) is 81.7 Å². The van der Waals surface area contributed by atoms with Crippen molar-refractivity contribution in [1.82, 2.24) is 14.6 Å². The Morgan fingerprint density at radius 3 is 2.86 bits per heavy atom. The van der Waals surface area contributed by atoms with E-state index in [2.05, 4.69) is 15.4 Å². The van der Waals surface area contributed by atoms with Crippen LogP contribution in [0.2, 0.25) is 0 Å². The van der Waals surface area contributed by atoms with E-state index in [0.717, 1.165) is 42.7 Å². The highest BCUT2D eigenvalue weighted by Crippen LogP contribution is 2.28. The number of aromatic nitrogens is 3. The van der Waals surface area contributed by atoms with Crippen molar-refractivity contribution in [2.45, 2.75) is 19.8 Å². The predicted octanol–water partition coefficient (Wildman–Crippen LogP) is 4.14. The molecule has 1 N–H and O–H groups in total. The predicted molar refractivity (Wildman–Crippen MR) is 110 cm³/mol. The fraction of sp³-hybridized carbons (Fsp3) is 0.318. The monoisotopic (exact) mass is 390 g/mol. The van der Waals surface area contributed by atoms with Crippen molar-refractivity contribution < 1.29 is 13.9 Å². The third-order valence-electron chi connectivity index (χ3n) is 5.68. The largest absolute Gasteiger partial charge is 0.454 e. The molecule has 148 valence electrons. The maximum atomic E-state index is 12.7. The van der Waals surface area contributed by atoms with Crippen molar-refractivity contribution in [2.75, 3.05) is 18.5 Å². The quantitative estimate of drug-likeness (QED) is 0.566. The highest BCUT2D eigenvalue weighted by atomic mass is 16.5. The van der Waals surface area contributed by atoms with Gasteiger partial charge in [0.1, 0.15) is 11.3 Å². The van der Waals surface area contributed by atoms with Crippen LogP contribution in [0.5, 0.6) is 0 Å². The number of nitrogens with zero attached hydrogens (tertiary/aromatic N) is 3. The summed E-state index contributed by atoms with van der Waals surface area (Å²) in [5.74, 6) is 1.41. The second-order valence-electron chi connectivity index (χ2n) is 7.51. The van der Waals surface area contributed by atoms with Crippen LogP contribution in [0.3, 0.4) is 0 Å². The van der Waals surface area contributed by atoms with Gasteiger partial charge in [-0.1, -0.05) is 25.1 Å². The Hall–Kier alpha value is -3.19. The zero-order valence-corrected chi connectivity index (χ0v) is 16.2. The molecule has 0 bridgehead atoms. The first kappa shape index (κ1) is 17.9. The lowest BCUT2D eigenvalue weighted by Crippen LogP contribution is -2.31. The zero-order valence-electron chi connectivity index (χ0n) is 16.2. The van der Waals surface area contributed by atoms with Gasteiger partial charge in [0.05, 0.1) is 6.20 Å². The molecule has 0 spiro atoms. The molecule has 7 nitrogen and oxygen atoms in total. The van der Waals surface area contributed by atoms with Crippen LogP contribution in [0, 0.1) is 11.8 Å². The Kier molecular flexibility index (Phi) is 4.52. The third kappa shape index (κ3) is 3.38. The van der Waals surface area contributed by atoms with Gasteiger partial charge in [0.15, 0.2) is 17.2 Å². The first-order valence-corrected chi connectivity index (χ1v) is 9.91. The number of hydrogen-bond acceptors (Lipinski definition) is 5. The van der Waals surface area contributed by atoms with Crippen molar-refractivity contribution in [3.05, 3.63) is 48.7 Å². The summed E-state index contributed by atoms with van der Waals surface area (Å²) in [6.45, 7) is 3.42. The lowest BCUT2D eigenvalue weighted by Gasteiger charge is -2.26. The van der Waals surface area contributed by atoms with Crippen LogP contribution in [0.1, 0.15) is 19.8 Å². The molecule has 1 fully saturated rings. The van der Waals surface area contributed by atoms with E-state index in [9.17, 15) is 4.79 Å². The lowest BCUT2D eigenvalue weighted by atomic mass is 9.87. The number of amides is 1. The molecule has 0 aliphatic carbocycles. The van der Waals surface area contributed by atoms with Crippen molar-refractivity contribution >= 4 is 28.3 Å². The van der Waals surface area contributed by atoms with Crippen LogP contribution in [0.4, 0.5) is 5.82 Å². The van der Waals surface area contributed by atoms with Gasteiger partial charge in [-0.05, 0) is 43.0 Å². The molecule has 29 heavy (non-hydrogen) atoms. The van der Waals surface area contributed by atoms with Crippen LogP contribution >= 0.6 is 0 Å². The van der Waals surface area contributed by atoms with Gasteiger partial charge in [0, 0.05) is 24.5 Å². The first-order chi connectivity index (χ1) is 14.2. The minimum atomic E-state index is -0.0889. The van der Waals surface area contributed by atoms with Gasteiger partial charge in [-0.3, -0.25) is 4.79 Å². The maximum absolute atomic E-state index is 12.7. The molecule has 5 rings (SSSR count). The molecule has 4 aromatic rings. The Bertz CT molecular complexity index is 1140. The Balaban J connectivity index is 1.42. The van der Waals surface area contributed by atoms with Crippen LogP contribution in [0.15, 0.2) is 53.1 Å². The number of carbonyl (C=O) groups is 1. The van der Waals surface area contributed by atoms with Gasteiger partial charge >= 0.3 is 0 Å². The third-order valence-corrected chi connectivity index (χ3v) is 5.68. The van der Waals surface area contributed by atoms with Crippen LogP contribution in [-0.4, -0.2) is 33.7 Å². The number of hydrogen-bond donors (Lipinski definition) is 1. The number of benzene rings is 1. The van der Waals surface area contributed by atoms with Gasteiger partial charge in [-0.25, -0.2) is 9.50 Å². The number of para-hydroxylation sites is 1. The van der Waals surface area contributed by atoms with Crippen molar-refractivity contribution in [3.8, 4) is 11.5 Å². The fourth-order valence-electron chi connectivity index (χ4n) is 3.89. The number of rotatable bonds is 4. The molecule has 1 atom stereocenters. The number of imidazole rings is 1. The number of anilines is 1. The summed E-state index contributed by atoms with van der Waals surface area (Å²) in [6.07, 6.45) is 3.56. The Labute approximate surface area is 167 Å². The van der Waals surface area contributed by atoms with Crippen LogP contribution in [-0.2, 0) is 9.53 Å². The summed E-state index contributed by atoms with van der Waals surface area (Å²) in [5.41, 5.74) is 2.24. The van der Waals surface area contributed by atoms with Crippen LogP contribution in [0.25, 0.3) is 28.1 Å². The number of furan rings is 1. The Morgan fingerprint density at radius 1 is 1.21 bits per heavy atom. The molecule has 1 amide bonds. The normalized spacial score (nSPS) is 16.3. The highest BCUT2D eigenvalue weighted by molar-refractivity contribution is 5.91. The van der Waals surface area contributed by atoms with Crippen molar-refractivity contribution in [1.29, 1.82) is 0 Å². The van der Waals surface area contributed by atoms with E-state index in [1.165, 1.54) is 0 Å². The molecule has 1 aliphatic heterocycles. The van der Waals surface area contributed by atoms with Gasteiger partial charge in [0.2, 0.25) is 5.91 Å². The summed E-state index contributed by atoms with van der Waals surface area (Å²) in [7, 11) is 0. The van der Waals surface area contributed by atoms with Crippen molar-refractivity contribution in [2.24, 2.45) is 11.8 Å². The van der Waals surface area contributed by atoms with E-state index in [1.54, 1.807) is 16.8 Å². The minimum Gasteiger partial charge on any atom is -0.454 e. The molecule has 1 unspecified atom stereocenters. The number of nitrogens with one attached hydrogen (secondary N) is 1. The molecule has 1 aliphatic rings. The molecule has 0 radical (unpaired) electrons. The van der Waals surface area contributed by atoms with Crippen LogP contribution < -0.4 is 5.32 Å². The smallest absolute Gasteiger partial charge is 0.228 e. The number of carbonyl (C=O) groups excluding carboxylic acids is 1. The SMILES string of the molecule is CC(C(=O)Nc1ccc2ncc(-c3cc4ccccc4o3)n2n1)C1CCOCC1. The van der Waals surface area contributed by atoms with E-state index < -0.39 is 0 Å². The average molecular weight is 390 g/mol. The van der Waals surface area contributed by atoms with E-state index >= 15 is 0 Å². The number of ether oxygens (including phenoxy) is 1. The zero-order chi connectivity index (χ0) is 19.8. The van der Waals surface area contributed by atoms with E-state index in [0.29, 0.717) is 23.1 Å². The number of fused-ring (bicyclic) bond motifs is 2. The summed E-state index contributed by atoms with van der Waals surface area (Å²) in [4.78, 5) is 17.1. The maximum Gasteiger partial charge on any atom is 0.228 e. The fourth-order valence-corrected chi connectivity index (χ4v) is 3.89. The summed E-state index contributed by atoms with van der Waals surface area (Å²) in [6, 6.07) is 13.4. The highest BCUT2D eigenvalue weighted by Gasteiger charge is 2.26. The lowest BCUT2D eigenvalue weighted by molar-refractivity contribution is -0.122. The molecule has 7 heteroatoms. The molecular formula is C22H22N4O3. The first-order valence-electron chi connectivity index (χ1n) is 9.91. The van der Waals surface area contributed by atoms with Gasteiger partial charge < -0.3 is 14.5 Å². The second-order valence-corrected chi connectivity index (χ2v) is 7.51. The van der Waals surface area contributed by atoms with E-state index in [4.69, 9.17) is 9.15 Å². The summed E-state index contributed by atoms with van der Waals surface area (Å²) >= 11 is 0. The van der Waals surface area contributed by atoms with Gasteiger partial charge in [-0.15, -0.1) is 5.10 Å². The average Bonchev–Trinajstić information content (AvgIpc) is 3.37. The van der Waals surface area contributed by atoms with E-state index in [1.807, 2.05) is 43.3 Å². The standard InChI is InChI=1S/C22H22N4O3/c1-14(15-8-10-28-11-9-15)22(27)24-20-6-7-21-23-13-17(26(21)25-20)19-12-16-4-2-3-5-18(16)29-19/h2-7,12-15H,8-11H2,1H3,(H,24,25,27). The second kappa shape index (κ2) is 7.33. The molecule has 0 saturated carbocycles.